The molecule has 0 fully saturated rings. The molecular formula is C20H13OP. The first-order valence-corrected chi connectivity index (χ1v) is 8.74. The number of hydrogen-bond acceptors (Lipinski definition) is 1. The average molecular weight is 300 g/mol. The minimum atomic E-state index is -0.528. The minimum Gasteiger partial charge on any atom is -0.455 e. The van der Waals surface area contributed by atoms with E-state index in [0.717, 1.165) is 11.2 Å². The van der Waals surface area contributed by atoms with Crippen molar-refractivity contribution in [3.63, 3.8) is 0 Å². The number of hydrogen-bond donors (Lipinski definition) is 0. The van der Waals surface area contributed by atoms with E-state index in [0.29, 0.717) is 0 Å². The van der Waals surface area contributed by atoms with E-state index in [1.807, 2.05) is 6.07 Å². The van der Waals surface area contributed by atoms with E-state index in [1.165, 1.54) is 26.3 Å². The monoisotopic (exact) mass is 300 g/mol. The molecule has 1 atom stereocenters. The molecule has 5 rings (SSSR count). The lowest BCUT2D eigenvalue weighted by Crippen LogP contribution is -1.67. The largest absolute Gasteiger partial charge is 0.455 e. The van der Waals surface area contributed by atoms with Crippen LogP contribution >= 0.6 is 7.53 Å². The van der Waals surface area contributed by atoms with Gasteiger partial charge in [0.1, 0.15) is 11.2 Å². The van der Waals surface area contributed by atoms with E-state index in [-0.39, 0.29) is 0 Å². The standard InChI is InChI=1S/C20H13OP/c1-2-8-14(9-3-1)22-18-13-7-5-11-16(18)19-20(22)15-10-4-6-12-17(15)21-19/h1-13H. The van der Waals surface area contributed by atoms with Crippen molar-refractivity contribution in [2.24, 2.45) is 0 Å². The van der Waals surface area contributed by atoms with E-state index in [2.05, 4.69) is 72.8 Å². The summed E-state index contributed by atoms with van der Waals surface area (Å²) in [5.74, 6) is 0. The number of para-hydroxylation sites is 1. The third-order valence-corrected chi connectivity index (χ3v) is 6.77. The molecule has 0 amide bonds. The lowest BCUT2D eigenvalue weighted by molar-refractivity contribution is 0.673. The van der Waals surface area contributed by atoms with Crippen molar-refractivity contribution in [2.75, 3.05) is 0 Å². The summed E-state index contributed by atoms with van der Waals surface area (Å²) in [4.78, 5) is 0. The predicted octanol–water partition coefficient (Wildman–Crippen LogP) is 6.72. The first-order chi connectivity index (χ1) is 10.9. The van der Waals surface area contributed by atoms with Crippen LogP contribution in [0.25, 0.3) is 37.5 Å². The summed E-state index contributed by atoms with van der Waals surface area (Å²) < 4.78 is 6.20. The van der Waals surface area contributed by atoms with Crippen molar-refractivity contribution in [1.29, 1.82) is 0 Å². The van der Waals surface area contributed by atoms with Gasteiger partial charge in [0.25, 0.3) is 0 Å². The van der Waals surface area contributed by atoms with Gasteiger partial charge in [-0.05, 0) is 17.4 Å². The third-order valence-electron chi connectivity index (χ3n) is 4.20. The normalized spacial score (nSPS) is 12.5. The van der Waals surface area contributed by atoms with Crippen LogP contribution in [0.3, 0.4) is 0 Å². The van der Waals surface area contributed by atoms with Gasteiger partial charge in [-0.15, -0.1) is 0 Å². The summed E-state index contributed by atoms with van der Waals surface area (Å²) >= 11 is 0. The van der Waals surface area contributed by atoms with Crippen molar-refractivity contribution < 1.29 is 4.42 Å². The maximum atomic E-state index is 6.20. The Morgan fingerprint density at radius 1 is 0.636 bits per heavy atom. The molecule has 0 saturated heterocycles. The molecule has 0 aliphatic heterocycles. The van der Waals surface area contributed by atoms with Crippen LogP contribution in [0.15, 0.2) is 83.3 Å². The Bertz CT molecular complexity index is 1110. The summed E-state index contributed by atoms with van der Waals surface area (Å²) in [6.45, 7) is 0. The Balaban J connectivity index is 2.08. The fourth-order valence-electron chi connectivity index (χ4n) is 3.26. The maximum Gasteiger partial charge on any atom is 0.147 e. The van der Waals surface area contributed by atoms with Crippen molar-refractivity contribution in [1.82, 2.24) is 0 Å². The molecule has 0 saturated carbocycles. The highest BCUT2D eigenvalue weighted by Crippen LogP contribution is 2.57. The van der Waals surface area contributed by atoms with Gasteiger partial charge in [0.05, 0.1) is 5.12 Å². The van der Waals surface area contributed by atoms with Crippen molar-refractivity contribution in [3.05, 3.63) is 78.9 Å². The molecule has 3 aromatic carbocycles. The van der Waals surface area contributed by atoms with Gasteiger partial charge in [0.2, 0.25) is 0 Å². The molecule has 5 aromatic rings. The lowest BCUT2D eigenvalue weighted by atomic mass is 10.2. The number of fused-ring (bicyclic) bond motifs is 5. The summed E-state index contributed by atoms with van der Waals surface area (Å²) in [7, 11) is -0.528. The second kappa shape index (κ2) is 4.50. The van der Waals surface area contributed by atoms with Gasteiger partial charge >= 0.3 is 0 Å². The minimum absolute atomic E-state index is 0.528. The zero-order valence-corrected chi connectivity index (χ0v) is 12.8. The van der Waals surface area contributed by atoms with Crippen LogP contribution < -0.4 is 0 Å². The molecule has 0 spiro atoms. The fraction of sp³-hybridized carbons (Fsp3) is 0. The van der Waals surface area contributed by atoms with Crippen molar-refractivity contribution in [3.8, 4) is 5.30 Å². The van der Waals surface area contributed by atoms with Crippen LogP contribution in [0.1, 0.15) is 0 Å². The molecule has 0 aliphatic rings. The summed E-state index contributed by atoms with van der Waals surface area (Å²) in [5, 5.41) is 6.67. The average Bonchev–Trinajstić information content (AvgIpc) is 3.10. The number of rotatable bonds is 1. The van der Waals surface area contributed by atoms with Crippen molar-refractivity contribution in [2.45, 2.75) is 0 Å². The SMILES string of the molecule is c1ccc(-p2c3ccccc3c3oc4ccccc4c32)cc1. The summed E-state index contributed by atoms with van der Waals surface area (Å²) in [6, 6.07) is 27.8. The van der Waals surface area contributed by atoms with Gasteiger partial charge in [-0.2, -0.15) is 0 Å². The molecule has 0 bridgehead atoms. The highest BCUT2D eigenvalue weighted by atomic mass is 31.1. The summed E-state index contributed by atoms with van der Waals surface area (Å²) in [5.41, 5.74) is 2.05. The molecule has 1 nitrogen and oxygen atoms in total. The van der Waals surface area contributed by atoms with Gasteiger partial charge in [-0.3, -0.25) is 0 Å². The zero-order valence-electron chi connectivity index (χ0n) is 11.9. The molecule has 104 valence electrons. The van der Waals surface area contributed by atoms with Gasteiger partial charge in [0.15, 0.2) is 0 Å². The van der Waals surface area contributed by atoms with Crippen LogP contribution in [-0.4, -0.2) is 0 Å². The highest BCUT2D eigenvalue weighted by Gasteiger charge is 2.19. The van der Waals surface area contributed by atoms with Gasteiger partial charge in [0, 0.05) is 15.9 Å². The fourth-order valence-corrected chi connectivity index (χ4v) is 5.96. The Morgan fingerprint density at radius 2 is 1.32 bits per heavy atom. The molecule has 2 heteroatoms. The van der Waals surface area contributed by atoms with E-state index in [1.54, 1.807) is 0 Å². The number of furan rings is 1. The van der Waals surface area contributed by atoms with E-state index in [9.17, 15) is 0 Å². The van der Waals surface area contributed by atoms with Gasteiger partial charge < -0.3 is 4.42 Å². The first-order valence-electron chi connectivity index (χ1n) is 7.39. The van der Waals surface area contributed by atoms with E-state index >= 15 is 0 Å². The molecule has 0 aliphatic carbocycles. The van der Waals surface area contributed by atoms with Crippen LogP contribution in [0.5, 0.6) is 0 Å². The Morgan fingerprint density at radius 3 is 2.18 bits per heavy atom. The van der Waals surface area contributed by atoms with Crippen LogP contribution in [0, 0.1) is 0 Å². The van der Waals surface area contributed by atoms with E-state index in [4.69, 9.17) is 4.42 Å². The molecule has 1 unspecified atom stereocenters. The molecule has 2 aromatic heterocycles. The molecule has 2 heterocycles. The Kier molecular flexibility index (Phi) is 2.47. The smallest absolute Gasteiger partial charge is 0.147 e. The van der Waals surface area contributed by atoms with Crippen molar-refractivity contribution >= 4 is 39.7 Å². The van der Waals surface area contributed by atoms with Gasteiger partial charge in [-0.1, -0.05) is 74.3 Å². The Labute approximate surface area is 128 Å². The molecular weight excluding hydrogens is 287 g/mol. The zero-order chi connectivity index (χ0) is 14.5. The first kappa shape index (κ1) is 12.1. The number of benzene rings is 3. The van der Waals surface area contributed by atoms with Crippen LogP contribution in [0.4, 0.5) is 0 Å². The molecule has 0 radical (unpaired) electrons. The Hall–Kier alpha value is -2.50. The quantitative estimate of drug-likeness (QED) is 0.335. The van der Waals surface area contributed by atoms with Crippen LogP contribution in [0.2, 0.25) is 0 Å². The molecule has 22 heavy (non-hydrogen) atoms. The second-order valence-electron chi connectivity index (χ2n) is 5.46. The highest BCUT2D eigenvalue weighted by molar-refractivity contribution is 7.68. The third kappa shape index (κ3) is 1.55. The predicted molar refractivity (Wildman–Crippen MR) is 95.3 cm³/mol. The van der Waals surface area contributed by atoms with E-state index < -0.39 is 7.53 Å². The topological polar surface area (TPSA) is 13.1 Å². The second-order valence-corrected chi connectivity index (χ2v) is 7.58. The van der Waals surface area contributed by atoms with Crippen LogP contribution in [-0.2, 0) is 0 Å². The summed E-state index contributed by atoms with van der Waals surface area (Å²) in [6.07, 6.45) is 0. The van der Waals surface area contributed by atoms with Gasteiger partial charge in [-0.25, -0.2) is 0 Å². The molecule has 0 N–H and O–H groups in total. The lowest BCUT2D eigenvalue weighted by Gasteiger charge is -2.02. The maximum absolute atomic E-state index is 6.20.